The summed E-state index contributed by atoms with van der Waals surface area (Å²) in [6, 6.07) is 17.5. The fourth-order valence-electron chi connectivity index (χ4n) is 2.72. The third kappa shape index (κ3) is 4.32. The number of benzene rings is 2. The Morgan fingerprint density at radius 2 is 1.81 bits per heavy atom. The van der Waals surface area contributed by atoms with Crippen molar-refractivity contribution in [2.75, 3.05) is 12.4 Å². The summed E-state index contributed by atoms with van der Waals surface area (Å²) in [4.78, 5) is 0. The van der Waals surface area contributed by atoms with Crippen molar-refractivity contribution < 1.29 is 4.74 Å². The lowest BCUT2D eigenvalue weighted by molar-refractivity contribution is 0.417. The summed E-state index contributed by atoms with van der Waals surface area (Å²) in [7, 11) is 1.62. The van der Waals surface area contributed by atoms with Gasteiger partial charge in [0.1, 0.15) is 5.75 Å². The highest BCUT2D eigenvalue weighted by Gasteiger charge is 2.11. The summed E-state index contributed by atoms with van der Waals surface area (Å²) in [6.45, 7) is 3.97. The SMILES string of the molecule is COc1ccccc1NC(=S)N/N=C\c1c(C)nn(-c2ccccc2)c1C. The highest BCUT2D eigenvalue weighted by molar-refractivity contribution is 7.80. The van der Waals surface area contributed by atoms with Crippen LogP contribution in [0.3, 0.4) is 0 Å². The number of thiocarbonyl (C=S) groups is 1. The Hall–Kier alpha value is -3.19. The number of nitrogens with zero attached hydrogens (tertiary/aromatic N) is 3. The molecule has 7 heteroatoms. The molecule has 0 spiro atoms. The molecule has 0 saturated carbocycles. The minimum atomic E-state index is 0.376. The van der Waals surface area contributed by atoms with Crippen molar-refractivity contribution in [3.05, 3.63) is 71.5 Å². The van der Waals surface area contributed by atoms with Gasteiger partial charge in [0.25, 0.3) is 0 Å². The Kier molecular flexibility index (Phi) is 5.83. The van der Waals surface area contributed by atoms with Crippen LogP contribution in [-0.4, -0.2) is 28.2 Å². The molecular formula is C20H21N5OS. The zero-order valence-corrected chi connectivity index (χ0v) is 16.2. The van der Waals surface area contributed by atoms with Crippen molar-refractivity contribution in [3.63, 3.8) is 0 Å². The third-order valence-corrected chi connectivity index (χ3v) is 4.26. The summed E-state index contributed by atoms with van der Waals surface area (Å²) in [5.74, 6) is 0.710. The van der Waals surface area contributed by atoms with Gasteiger partial charge in [-0.25, -0.2) is 4.68 Å². The summed E-state index contributed by atoms with van der Waals surface area (Å²) in [6.07, 6.45) is 1.73. The van der Waals surface area contributed by atoms with Crippen molar-refractivity contribution in [2.45, 2.75) is 13.8 Å². The molecule has 2 aromatic carbocycles. The predicted molar refractivity (Wildman–Crippen MR) is 113 cm³/mol. The van der Waals surface area contributed by atoms with Gasteiger partial charge in [0.2, 0.25) is 0 Å². The Morgan fingerprint density at radius 1 is 1.11 bits per heavy atom. The number of nitrogens with one attached hydrogen (secondary N) is 2. The fourth-order valence-corrected chi connectivity index (χ4v) is 2.88. The summed E-state index contributed by atoms with van der Waals surface area (Å²) >= 11 is 5.29. The van der Waals surface area contributed by atoms with Crippen LogP contribution in [0.2, 0.25) is 0 Å². The second-order valence-corrected chi connectivity index (χ2v) is 6.26. The van der Waals surface area contributed by atoms with E-state index in [0.29, 0.717) is 10.9 Å². The molecule has 6 nitrogen and oxygen atoms in total. The fraction of sp³-hybridized carbons (Fsp3) is 0.150. The van der Waals surface area contributed by atoms with E-state index in [1.165, 1.54) is 0 Å². The smallest absolute Gasteiger partial charge is 0.191 e. The van der Waals surface area contributed by atoms with Crippen molar-refractivity contribution in [2.24, 2.45) is 5.10 Å². The molecule has 0 aliphatic heterocycles. The van der Waals surface area contributed by atoms with E-state index in [9.17, 15) is 0 Å². The van der Waals surface area contributed by atoms with Gasteiger partial charge >= 0.3 is 0 Å². The molecule has 0 aliphatic rings. The van der Waals surface area contributed by atoms with Crippen LogP contribution >= 0.6 is 12.2 Å². The van der Waals surface area contributed by atoms with Crippen LogP contribution in [0.25, 0.3) is 5.69 Å². The van der Waals surface area contributed by atoms with Crippen molar-refractivity contribution >= 4 is 29.2 Å². The van der Waals surface area contributed by atoms with Crippen LogP contribution in [0.15, 0.2) is 59.7 Å². The number of hydrogen-bond acceptors (Lipinski definition) is 4. The lowest BCUT2D eigenvalue weighted by atomic mass is 10.2. The minimum absolute atomic E-state index is 0.376. The van der Waals surface area contributed by atoms with E-state index < -0.39 is 0 Å². The Morgan fingerprint density at radius 3 is 2.56 bits per heavy atom. The number of hydrazone groups is 1. The zero-order valence-electron chi connectivity index (χ0n) is 15.4. The molecule has 0 aliphatic carbocycles. The largest absolute Gasteiger partial charge is 0.495 e. The molecule has 0 saturated heterocycles. The van der Waals surface area contributed by atoms with Gasteiger partial charge in [-0.2, -0.15) is 10.2 Å². The monoisotopic (exact) mass is 379 g/mol. The van der Waals surface area contributed by atoms with E-state index in [4.69, 9.17) is 17.0 Å². The molecule has 3 aromatic rings. The van der Waals surface area contributed by atoms with Gasteiger partial charge < -0.3 is 10.1 Å². The topological polar surface area (TPSA) is 63.5 Å². The molecule has 1 aromatic heterocycles. The number of hydrogen-bond donors (Lipinski definition) is 2. The average Bonchev–Trinajstić information content (AvgIpc) is 2.97. The second kappa shape index (κ2) is 8.46. The second-order valence-electron chi connectivity index (χ2n) is 5.86. The number of anilines is 1. The molecule has 0 atom stereocenters. The van der Waals surface area contributed by atoms with Crippen LogP contribution in [-0.2, 0) is 0 Å². The van der Waals surface area contributed by atoms with Crippen LogP contribution in [0.4, 0.5) is 5.69 Å². The summed E-state index contributed by atoms with van der Waals surface area (Å²) in [5, 5.41) is 12.3. The maximum atomic E-state index is 5.30. The van der Waals surface area contributed by atoms with E-state index in [-0.39, 0.29) is 0 Å². The van der Waals surface area contributed by atoms with Gasteiger partial charge in [0.15, 0.2) is 5.11 Å². The maximum absolute atomic E-state index is 5.30. The first kappa shape index (κ1) is 18.6. The maximum Gasteiger partial charge on any atom is 0.191 e. The van der Waals surface area contributed by atoms with Crippen LogP contribution in [0, 0.1) is 13.8 Å². The molecule has 3 rings (SSSR count). The first-order valence-corrected chi connectivity index (χ1v) is 8.85. The molecule has 0 fully saturated rings. The summed E-state index contributed by atoms with van der Waals surface area (Å²) in [5.41, 5.74) is 7.47. The molecule has 2 N–H and O–H groups in total. The molecule has 0 bridgehead atoms. The number of methoxy groups -OCH3 is 1. The van der Waals surface area contributed by atoms with Gasteiger partial charge in [-0.3, -0.25) is 5.43 Å². The standard InChI is InChI=1S/C20H21N5OS/c1-14-17(15(2)25(24-14)16-9-5-4-6-10-16)13-21-23-20(27)22-18-11-7-8-12-19(18)26-3/h4-13H,1-3H3,(H2,22,23,27)/b21-13-. The number of para-hydroxylation sites is 3. The summed E-state index contributed by atoms with van der Waals surface area (Å²) < 4.78 is 7.20. The number of rotatable bonds is 5. The molecule has 0 unspecified atom stereocenters. The quantitative estimate of drug-likeness (QED) is 0.401. The van der Waals surface area contributed by atoms with Gasteiger partial charge in [0.05, 0.1) is 36.1 Å². The van der Waals surface area contributed by atoms with Crippen molar-refractivity contribution in [3.8, 4) is 11.4 Å². The van der Waals surface area contributed by atoms with E-state index in [0.717, 1.165) is 28.3 Å². The van der Waals surface area contributed by atoms with Crippen molar-refractivity contribution in [1.29, 1.82) is 0 Å². The highest BCUT2D eigenvalue weighted by atomic mass is 32.1. The molecular weight excluding hydrogens is 358 g/mol. The number of aromatic nitrogens is 2. The normalized spacial score (nSPS) is 10.8. The minimum Gasteiger partial charge on any atom is -0.495 e. The molecule has 0 amide bonds. The predicted octanol–water partition coefficient (Wildman–Crippen LogP) is 3.82. The van der Waals surface area contributed by atoms with E-state index >= 15 is 0 Å². The Labute approximate surface area is 163 Å². The van der Waals surface area contributed by atoms with Gasteiger partial charge in [-0.05, 0) is 50.3 Å². The Balaban J connectivity index is 1.70. The van der Waals surface area contributed by atoms with E-state index in [1.807, 2.05) is 73.1 Å². The van der Waals surface area contributed by atoms with E-state index in [2.05, 4.69) is 20.9 Å². The number of aryl methyl sites for hydroxylation is 1. The molecule has 1 heterocycles. The third-order valence-electron chi connectivity index (χ3n) is 4.06. The zero-order chi connectivity index (χ0) is 19.2. The Bertz CT molecular complexity index is 966. The van der Waals surface area contributed by atoms with Gasteiger partial charge in [0, 0.05) is 5.56 Å². The highest BCUT2D eigenvalue weighted by Crippen LogP contribution is 2.22. The molecule has 27 heavy (non-hydrogen) atoms. The van der Waals surface area contributed by atoms with Crippen molar-refractivity contribution in [1.82, 2.24) is 15.2 Å². The molecule has 138 valence electrons. The van der Waals surface area contributed by atoms with Crippen LogP contribution in [0.1, 0.15) is 17.0 Å². The van der Waals surface area contributed by atoms with Gasteiger partial charge in [-0.1, -0.05) is 30.3 Å². The average molecular weight is 379 g/mol. The first-order chi connectivity index (χ1) is 13.1. The lowest BCUT2D eigenvalue weighted by Gasteiger charge is -2.10. The molecule has 0 radical (unpaired) electrons. The van der Waals surface area contributed by atoms with Crippen LogP contribution < -0.4 is 15.5 Å². The first-order valence-electron chi connectivity index (χ1n) is 8.45. The van der Waals surface area contributed by atoms with E-state index in [1.54, 1.807) is 13.3 Å². The van der Waals surface area contributed by atoms with Gasteiger partial charge in [-0.15, -0.1) is 0 Å². The number of ether oxygens (including phenoxy) is 1. The lowest BCUT2D eigenvalue weighted by Crippen LogP contribution is -2.24. The van der Waals surface area contributed by atoms with Crippen LogP contribution in [0.5, 0.6) is 5.75 Å².